The van der Waals surface area contributed by atoms with Gasteiger partial charge in [-0.05, 0) is 18.6 Å². The van der Waals surface area contributed by atoms with E-state index in [2.05, 4.69) is 5.32 Å². The largest absolute Gasteiger partial charge is 0.497 e. The zero-order valence-electron chi connectivity index (χ0n) is 9.15. The molecule has 0 bridgehead atoms. The third-order valence-electron chi connectivity index (χ3n) is 2.08. The first-order valence-electron chi connectivity index (χ1n) is 4.68. The molecule has 0 amide bonds. The number of benzene rings is 1. The predicted octanol–water partition coefficient (Wildman–Crippen LogP) is 2.02. The van der Waals surface area contributed by atoms with Gasteiger partial charge in [-0.2, -0.15) is 5.26 Å². The van der Waals surface area contributed by atoms with E-state index in [4.69, 9.17) is 10.00 Å². The van der Waals surface area contributed by atoms with Crippen molar-refractivity contribution in [1.29, 1.82) is 5.26 Å². The first-order valence-corrected chi connectivity index (χ1v) is 4.68. The Kier molecular flexibility index (Phi) is 4.10. The molecular weight excluding hydrogens is 204 g/mol. The van der Waals surface area contributed by atoms with Crippen molar-refractivity contribution in [3.8, 4) is 11.8 Å². The SMILES string of the molecule is COc1ccc(C)c(N/C=C(/C#N)C=O)c1. The lowest BCUT2D eigenvalue weighted by molar-refractivity contribution is -0.104. The number of methoxy groups -OCH3 is 1. The predicted molar refractivity (Wildman–Crippen MR) is 61.1 cm³/mol. The number of carbonyl (C=O) groups is 1. The van der Waals surface area contributed by atoms with Crippen LogP contribution in [-0.4, -0.2) is 13.4 Å². The number of rotatable bonds is 4. The number of ether oxygens (including phenoxy) is 1. The van der Waals surface area contributed by atoms with E-state index < -0.39 is 0 Å². The smallest absolute Gasteiger partial charge is 0.162 e. The fourth-order valence-corrected chi connectivity index (χ4v) is 1.13. The number of carbonyl (C=O) groups excluding carboxylic acids is 1. The second kappa shape index (κ2) is 5.56. The molecular formula is C12H12N2O2. The number of anilines is 1. The van der Waals surface area contributed by atoms with Gasteiger partial charge in [0.1, 0.15) is 17.4 Å². The number of allylic oxidation sites excluding steroid dienone is 1. The lowest BCUT2D eigenvalue weighted by Gasteiger charge is -2.07. The summed E-state index contributed by atoms with van der Waals surface area (Å²) >= 11 is 0. The number of nitrogens with zero attached hydrogens (tertiary/aromatic N) is 1. The van der Waals surface area contributed by atoms with Crippen LogP contribution >= 0.6 is 0 Å². The standard InChI is InChI=1S/C12H12N2O2/c1-9-3-4-11(16-2)5-12(9)14-7-10(6-13)8-15/h3-5,7-8,14H,1-2H3/b10-7-. The monoisotopic (exact) mass is 216 g/mol. The molecule has 0 aliphatic rings. The Hall–Kier alpha value is -2.28. The summed E-state index contributed by atoms with van der Waals surface area (Å²) in [5.74, 6) is 0.714. The second-order valence-electron chi connectivity index (χ2n) is 3.15. The van der Waals surface area contributed by atoms with Crippen LogP contribution in [-0.2, 0) is 4.79 Å². The van der Waals surface area contributed by atoms with Gasteiger partial charge in [-0.25, -0.2) is 0 Å². The van der Waals surface area contributed by atoms with E-state index in [0.717, 1.165) is 11.3 Å². The van der Waals surface area contributed by atoms with Crippen LogP contribution in [0.2, 0.25) is 0 Å². The lowest BCUT2D eigenvalue weighted by Crippen LogP contribution is -1.95. The van der Waals surface area contributed by atoms with E-state index in [1.807, 2.05) is 19.1 Å². The van der Waals surface area contributed by atoms with Gasteiger partial charge in [-0.3, -0.25) is 4.79 Å². The summed E-state index contributed by atoms with van der Waals surface area (Å²) in [6.45, 7) is 1.92. The van der Waals surface area contributed by atoms with Crippen molar-refractivity contribution >= 4 is 12.0 Å². The molecule has 0 saturated carbocycles. The van der Waals surface area contributed by atoms with Crippen LogP contribution in [0.15, 0.2) is 30.0 Å². The summed E-state index contributed by atoms with van der Waals surface area (Å²) in [6, 6.07) is 7.30. The minimum Gasteiger partial charge on any atom is -0.497 e. The molecule has 0 heterocycles. The van der Waals surface area contributed by atoms with Crippen molar-refractivity contribution in [1.82, 2.24) is 0 Å². The minimum atomic E-state index is 0.0437. The van der Waals surface area contributed by atoms with Crippen LogP contribution in [0.1, 0.15) is 5.56 Å². The van der Waals surface area contributed by atoms with Crippen LogP contribution < -0.4 is 10.1 Å². The number of hydrogen-bond acceptors (Lipinski definition) is 4. The van der Waals surface area contributed by atoms with Crippen LogP contribution in [0, 0.1) is 18.3 Å². The van der Waals surface area contributed by atoms with Gasteiger partial charge < -0.3 is 10.1 Å². The highest BCUT2D eigenvalue weighted by Gasteiger charge is 1.99. The third kappa shape index (κ3) is 2.85. The van der Waals surface area contributed by atoms with E-state index in [0.29, 0.717) is 12.0 Å². The topological polar surface area (TPSA) is 62.1 Å². The van der Waals surface area contributed by atoms with Gasteiger partial charge in [-0.15, -0.1) is 0 Å². The molecule has 1 rings (SSSR count). The van der Waals surface area contributed by atoms with Gasteiger partial charge in [0, 0.05) is 18.0 Å². The maximum atomic E-state index is 10.4. The van der Waals surface area contributed by atoms with Gasteiger partial charge in [0.05, 0.1) is 7.11 Å². The molecule has 4 heteroatoms. The normalized spacial score (nSPS) is 10.4. The average Bonchev–Trinajstić information content (AvgIpc) is 2.32. The van der Waals surface area contributed by atoms with Crippen molar-refractivity contribution in [3.05, 3.63) is 35.5 Å². The van der Waals surface area contributed by atoms with Gasteiger partial charge in [0.2, 0.25) is 0 Å². The van der Waals surface area contributed by atoms with E-state index in [9.17, 15) is 4.79 Å². The molecule has 0 aliphatic carbocycles. The molecule has 82 valence electrons. The Balaban J connectivity index is 2.93. The van der Waals surface area contributed by atoms with E-state index >= 15 is 0 Å². The fraction of sp³-hybridized carbons (Fsp3) is 0.167. The summed E-state index contributed by atoms with van der Waals surface area (Å²) in [6.07, 6.45) is 1.87. The van der Waals surface area contributed by atoms with Crippen LogP contribution in [0.5, 0.6) is 5.75 Å². The number of nitriles is 1. The molecule has 4 nitrogen and oxygen atoms in total. The molecule has 1 N–H and O–H groups in total. The second-order valence-corrected chi connectivity index (χ2v) is 3.15. The quantitative estimate of drug-likeness (QED) is 0.475. The number of aryl methyl sites for hydroxylation is 1. The Morgan fingerprint density at radius 3 is 2.88 bits per heavy atom. The highest BCUT2D eigenvalue weighted by molar-refractivity contribution is 5.79. The maximum Gasteiger partial charge on any atom is 0.162 e. The summed E-state index contributed by atoms with van der Waals surface area (Å²) in [5.41, 5.74) is 1.84. The van der Waals surface area contributed by atoms with Crippen LogP contribution in [0.4, 0.5) is 5.69 Å². The van der Waals surface area contributed by atoms with Crippen LogP contribution in [0.3, 0.4) is 0 Å². The summed E-state index contributed by atoms with van der Waals surface area (Å²) in [5, 5.41) is 11.5. The first-order chi connectivity index (χ1) is 7.71. The first kappa shape index (κ1) is 11.8. The zero-order valence-corrected chi connectivity index (χ0v) is 9.15. The molecule has 0 fully saturated rings. The average molecular weight is 216 g/mol. The van der Waals surface area contributed by atoms with E-state index in [1.165, 1.54) is 6.20 Å². The van der Waals surface area contributed by atoms with Crippen molar-refractivity contribution in [2.24, 2.45) is 0 Å². The molecule has 0 aliphatic heterocycles. The number of aldehydes is 1. The Bertz CT molecular complexity index is 459. The molecule has 16 heavy (non-hydrogen) atoms. The lowest BCUT2D eigenvalue weighted by atomic mass is 10.2. The summed E-state index contributed by atoms with van der Waals surface area (Å²) in [7, 11) is 1.58. The fourth-order valence-electron chi connectivity index (χ4n) is 1.13. The van der Waals surface area contributed by atoms with E-state index in [-0.39, 0.29) is 5.57 Å². The third-order valence-corrected chi connectivity index (χ3v) is 2.08. The Morgan fingerprint density at radius 2 is 2.31 bits per heavy atom. The molecule has 0 unspecified atom stereocenters. The van der Waals surface area contributed by atoms with Crippen molar-refractivity contribution in [2.75, 3.05) is 12.4 Å². The van der Waals surface area contributed by atoms with Gasteiger partial charge in [-0.1, -0.05) is 6.07 Å². The molecule has 1 aromatic rings. The number of nitrogens with one attached hydrogen (secondary N) is 1. The van der Waals surface area contributed by atoms with Crippen molar-refractivity contribution in [2.45, 2.75) is 6.92 Å². The molecule has 0 aromatic heterocycles. The highest BCUT2D eigenvalue weighted by atomic mass is 16.5. The summed E-state index contributed by atoms with van der Waals surface area (Å²) < 4.78 is 5.07. The Labute approximate surface area is 94.1 Å². The van der Waals surface area contributed by atoms with E-state index in [1.54, 1.807) is 19.2 Å². The molecule has 0 spiro atoms. The minimum absolute atomic E-state index is 0.0437. The van der Waals surface area contributed by atoms with Gasteiger partial charge in [0.25, 0.3) is 0 Å². The summed E-state index contributed by atoms with van der Waals surface area (Å²) in [4.78, 5) is 10.4. The van der Waals surface area contributed by atoms with Crippen molar-refractivity contribution < 1.29 is 9.53 Å². The molecule has 0 atom stereocenters. The maximum absolute atomic E-state index is 10.4. The van der Waals surface area contributed by atoms with Gasteiger partial charge >= 0.3 is 0 Å². The molecule has 1 aromatic carbocycles. The zero-order chi connectivity index (χ0) is 12.0. The van der Waals surface area contributed by atoms with Crippen molar-refractivity contribution in [3.63, 3.8) is 0 Å². The van der Waals surface area contributed by atoms with Gasteiger partial charge in [0.15, 0.2) is 6.29 Å². The highest BCUT2D eigenvalue weighted by Crippen LogP contribution is 2.21. The van der Waals surface area contributed by atoms with Crippen LogP contribution in [0.25, 0.3) is 0 Å². The molecule has 0 radical (unpaired) electrons. The molecule has 0 saturated heterocycles. The number of hydrogen-bond donors (Lipinski definition) is 1. The Morgan fingerprint density at radius 1 is 1.56 bits per heavy atom.